The number of carbonyl (C=O) groups is 1. The number of benzene rings is 2. The van der Waals surface area contributed by atoms with Crippen LogP contribution in [0.2, 0.25) is 0 Å². The summed E-state index contributed by atoms with van der Waals surface area (Å²) < 4.78 is 34.0. The van der Waals surface area contributed by atoms with Crippen LogP contribution in [0.3, 0.4) is 0 Å². The van der Waals surface area contributed by atoms with E-state index >= 15 is 0 Å². The van der Waals surface area contributed by atoms with E-state index in [2.05, 4.69) is 16.8 Å². The number of primary amides is 1. The van der Waals surface area contributed by atoms with Crippen molar-refractivity contribution in [3.63, 3.8) is 0 Å². The first kappa shape index (κ1) is 21.9. The third-order valence-electron chi connectivity index (χ3n) is 7.38. The fourth-order valence-corrected chi connectivity index (χ4v) is 5.28. The second-order valence-corrected chi connectivity index (χ2v) is 9.38. The van der Waals surface area contributed by atoms with Crippen molar-refractivity contribution in [2.24, 2.45) is 5.73 Å². The molecule has 0 bridgehead atoms. The number of ether oxygens (including phenoxy) is 1. The minimum atomic E-state index is -0.564. The zero-order valence-electron chi connectivity index (χ0n) is 18.7. The summed E-state index contributed by atoms with van der Waals surface area (Å²) in [5.74, 6) is -0.860. The molecule has 5 nitrogen and oxygen atoms in total. The summed E-state index contributed by atoms with van der Waals surface area (Å²) in [6.07, 6.45) is 6.86. The number of aromatic nitrogens is 1. The summed E-state index contributed by atoms with van der Waals surface area (Å²) in [6.45, 7) is 3.40. The van der Waals surface area contributed by atoms with Gasteiger partial charge in [0.05, 0.1) is 0 Å². The summed E-state index contributed by atoms with van der Waals surface area (Å²) in [4.78, 5) is 17.7. The Balaban J connectivity index is 1.35. The highest BCUT2D eigenvalue weighted by Gasteiger charge is 2.35. The van der Waals surface area contributed by atoms with E-state index in [-0.39, 0.29) is 23.5 Å². The fourth-order valence-electron chi connectivity index (χ4n) is 5.28. The Morgan fingerprint density at radius 3 is 2.79 bits per heavy atom. The van der Waals surface area contributed by atoms with Crippen LogP contribution < -0.4 is 10.5 Å². The van der Waals surface area contributed by atoms with Gasteiger partial charge in [-0.1, -0.05) is 13.3 Å². The number of nitrogens with two attached hydrogens (primary N) is 1. The van der Waals surface area contributed by atoms with Gasteiger partial charge in [0.15, 0.2) is 11.6 Å². The summed E-state index contributed by atoms with van der Waals surface area (Å²) >= 11 is 0. The third kappa shape index (κ3) is 4.10. The average molecular weight is 454 g/mol. The van der Waals surface area contributed by atoms with Gasteiger partial charge in [0.25, 0.3) is 0 Å². The van der Waals surface area contributed by atoms with E-state index in [1.807, 2.05) is 6.20 Å². The highest BCUT2D eigenvalue weighted by molar-refractivity contribution is 5.95. The van der Waals surface area contributed by atoms with Gasteiger partial charge in [-0.25, -0.2) is 8.78 Å². The molecule has 2 heterocycles. The molecule has 0 saturated heterocycles. The van der Waals surface area contributed by atoms with Gasteiger partial charge in [0, 0.05) is 40.3 Å². The highest BCUT2D eigenvalue weighted by atomic mass is 19.1. The van der Waals surface area contributed by atoms with Gasteiger partial charge >= 0.3 is 0 Å². The third-order valence-corrected chi connectivity index (χ3v) is 7.38. The minimum absolute atomic E-state index is 0.0512. The smallest absolute Gasteiger partial charge is 0.249 e. The number of fused-ring (bicyclic) bond motifs is 2. The van der Waals surface area contributed by atoms with E-state index in [9.17, 15) is 13.6 Å². The lowest BCUT2D eigenvalue weighted by molar-refractivity contribution is 0.0409. The summed E-state index contributed by atoms with van der Waals surface area (Å²) in [6, 6.07) is 8.04. The van der Waals surface area contributed by atoms with E-state index in [0.717, 1.165) is 42.3 Å². The quantitative estimate of drug-likeness (QED) is 0.535. The van der Waals surface area contributed by atoms with Gasteiger partial charge in [-0.05, 0) is 74.0 Å². The second kappa shape index (κ2) is 8.78. The Morgan fingerprint density at radius 2 is 2.06 bits per heavy atom. The van der Waals surface area contributed by atoms with Gasteiger partial charge in [-0.15, -0.1) is 0 Å². The summed E-state index contributed by atoms with van der Waals surface area (Å²) in [5, 5.41) is 0.925. The number of aromatic amines is 1. The number of nitrogens with one attached hydrogen (secondary N) is 1. The molecule has 0 radical (unpaired) electrons. The minimum Gasteiger partial charge on any atom is -0.489 e. The van der Waals surface area contributed by atoms with Gasteiger partial charge in [0.2, 0.25) is 5.91 Å². The Morgan fingerprint density at radius 1 is 1.24 bits per heavy atom. The van der Waals surface area contributed by atoms with Crippen molar-refractivity contribution in [2.45, 2.75) is 57.0 Å². The molecule has 2 aromatic carbocycles. The number of H-pyrrole nitrogens is 1. The molecule has 3 N–H and O–H groups in total. The van der Waals surface area contributed by atoms with E-state index in [0.29, 0.717) is 30.2 Å². The average Bonchev–Trinajstić information content (AvgIpc) is 3.18. The van der Waals surface area contributed by atoms with Crippen molar-refractivity contribution < 1.29 is 18.3 Å². The molecule has 1 amide bonds. The molecule has 1 saturated carbocycles. The van der Waals surface area contributed by atoms with E-state index < -0.39 is 11.7 Å². The molecule has 1 fully saturated rings. The maximum Gasteiger partial charge on any atom is 0.249 e. The number of hydrogen-bond acceptors (Lipinski definition) is 3. The Kier molecular flexibility index (Phi) is 5.83. The van der Waals surface area contributed by atoms with E-state index in [1.165, 1.54) is 24.6 Å². The fraction of sp³-hybridized carbons (Fsp3) is 0.423. The number of amides is 1. The van der Waals surface area contributed by atoms with Gasteiger partial charge in [-0.3, -0.25) is 9.69 Å². The molecular formula is C26H29F2N3O2. The normalized spacial score (nSPS) is 19.2. The second-order valence-electron chi connectivity index (χ2n) is 9.38. The molecule has 0 spiro atoms. The molecule has 0 unspecified atom stereocenters. The highest BCUT2D eigenvalue weighted by Crippen LogP contribution is 2.36. The molecule has 5 rings (SSSR count). The lowest BCUT2D eigenvalue weighted by atomic mass is 9.87. The lowest BCUT2D eigenvalue weighted by Gasteiger charge is -2.44. The van der Waals surface area contributed by atoms with Crippen LogP contribution in [0.1, 0.15) is 60.0 Å². The molecule has 1 aliphatic heterocycles. The van der Waals surface area contributed by atoms with Crippen LogP contribution in [0, 0.1) is 11.6 Å². The van der Waals surface area contributed by atoms with Crippen LogP contribution in [-0.4, -0.2) is 41.0 Å². The van der Waals surface area contributed by atoms with E-state index in [4.69, 9.17) is 10.5 Å². The molecular weight excluding hydrogens is 424 g/mol. The molecule has 2 atom stereocenters. The van der Waals surface area contributed by atoms with Crippen LogP contribution in [-0.2, 0) is 6.42 Å². The van der Waals surface area contributed by atoms with Crippen LogP contribution in [0.25, 0.3) is 10.9 Å². The number of rotatable bonds is 7. The molecule has 174 valence electrons. The SMILES string of the molecule is C[C@H](CCN(C1CCC1)[C@H]1COc2c(F)ccc(C(N)=O)c2C1)c1c[nH]c2ccc(F)cc12. The predicted octanol–water partition coefficient (Wildman–Crippen LogP) is 4.90. The molecule has 3 aromatic rings. The first-order valence-corrected chi connectivity index (χ1v) is 11.7. The molecule has 1 aliphatic carbocycles. The zero-order valence-corrected chi connectivity index (χ0v) is 18.7. The monoisotopic (exact) mass is 453 g/mol. The summed E-state index contributed by atoms with van der Waals surface area (Å²) in [7, 11) is 0. The van der Waals surface area contributed by atoms with Crippen molar-refractivity contribution >= 4 is 16.8 Å². The van der Waals surface area contributed by atoms with E-state index in [1.54, 1.807) is 12.1 Å². The Hall–Kier alpha value is -2.93. The van der Waals surface area contributed by atoms with Crippen molar-refractivity contribution in [1.29, 1.82) is 0 Å². The number of nitrogens with zero attached hydrogens (tertiary/aromatic N) is 1. The van der Waals surface area contributed by atoms with Crippen molar-refractivity contribution in [2.75, 3.05) is 13.2 Å². The first-order valence-electron chi connectivity index (χ1n) is 11.7. The van der Waals surface area contributed by atoms with Crippen LogP contribution in [0.4, 0.5) is 8.78 Å². The van der Waals surface area contributed by atoms with Crippen molar-refractivity contribution in [3.05, 3.63) is 64.9 Å². The molecule has 33 heavy (non-hydrogen) atoms. The predicted molar refractivity (Wildman–Crippen MR) is 124 cm³/mol. The lowest BCUT2D eigenvalue weighted by Crippen LogP contribution is -2.52. The van der Waals surface area contributed by atoms with Crippen LogP contribution in [0.15, 0.2) is 36.5 Å². The molecule has 1 aromatic heterocycles. The van der Waals surface area contributed by atoms with Crippen molar-refractivity contribution in [1.82, 2.24) is 9.88 Å². The van der Waals surface area contributed by atoms with Gasteiger partial charge in [-0.2, -0.15) is 0 Å². The first-order chi connectivity index (χ1) is 15.9. The topological polar surface area (TPSA) is 71.3 Å². The molecule has 7 heteroatoms. The molecule has 2 aliphatic rings. The van der Waals surface area contributed by atoms with Gasteiger partial charge in [0.1, 0.15) is 12.4 Å². The number of halogens is 2. The largest absolute Gasteiger partial charge is 0.489 e. The standard InChI is InChI=1S/C26H29F2N3O2/c1-15(22-13-30-24-8-5-16(27)11-20(22)24)9-10-31(17-3-2-4-17)18-12-21-19(26(29)32)6-7-23(28)25(21)33-14-18/h5-8,11,13,15,17-18,30H,2-4,9-10,12,14H2,1H3,(H2,29,32)/t15-,18-/m1/s1. The Labute approximate surface area is 191 Å². The number of carbonyl (C=O) groups excluding carboxylic acids is 1. The van der Waals surface area contributed by atoms with Crippen LogP contribution in [0.5, 0.6) is 5.75 Å². The van der Waals surface area contributed by atoms with Crippen LogP contribution >= 0.6 is 0 Å². The van der Waals surface area contributed by atoms with Gasteiger partial charge < -0.3 is 15.5 Å². The zero-order chi connectivity index (χ0) is 23.1. The maximum absolute atomic E-state index is 14.3. The number of hydrogen-bond donors (Lipinski definition) is 2. The Bertz CT molecular complexity index is 1190. The van der Waals surface area contributed by atoms with Crippen molar-refractivity contribution in [3.8, 4) is 5.75 Å². The summed E-state index contributed by atoms with van der Waals surface area (Å²) in [5.41, 5.74) is 8.51. The maximum atomic E-state index is 14.3.